The quantitative estimate of drug-likeness (QED) is 0.883. The summed E-state index contributed by atoms with van der Waals surface area (Å²) in [6, 6.07) is 7.78. The summed E-state index contributed by atoms with van der Waals surface area (Å²) >= 11 is 0. The Kier molecular flexibility index (Phi) is 5.57. The van der Waals surface area contributed by atoms with Gasteiger partial charge in [0.2, 0.25) is 0 Å². The van der Waals surface area contributed by atoms with Crippen LogP contribution in [0.15, 0.2) is 30.5 Å². The van der Waals surface area contributed by atoms with Gasteiger partial charge in [0.05, 0.1) is 5.69 Å². The number of carbonyl (C=O) groups is 1. The van der Waals surface area contributed by atoms with Crippen molar-refractivity contribution >= 4 is 5.91 Å². The Bertz CT molecular complexity index is 831. The Morgan fingerprint density at radius 1 is 1.32 bits per heavy atom. The molecular formula is C22H28N4O2. The van der Waals surface area contributed by atoms with Gasteiger partial charge in [-0.2, -0.15) is 0 Å². The molecule has 2 aromatic rings. The summed E-state index contributed by atoms with van der Waals surface area (Å²) in [5.41, 5.74) is 3.31. The van der Waals surface area contributed by atoms with Gasteiger partial charge in [0, 0.05) is 43.7 Å². The van der Waals surface area contributed by atoms with E-state index >= 15 is 0 Å². The van der Waals surface area contributed by atoms with Gasteiger partial charge in [-0.15, -0.1) is 0 Å². The van der Waals surface area contributed by atoms with Gasteiger partial charge in [0.15, 0.2) is 6.10 Å². The number of aryl methyl sites for hydroxylation is 1. The van der Waals surface area contributed by atoms with Crippen LogP contribution in [-0.2, 0) is 17.8 Å². The van der Waals surface area contributed by atoms with Crippen LogP contribution in [0.3, 0.4) is 0 Å². The van der Waals surface area contributed by atoms with Crippen molar-refractivity contribution in [1.29, 1.82) is 0 Å². The molecule has 0 spiro atoms. The molecule has 4 rings (SSSR count). The van der Waals surface area contributed by atoms with E-state index in [9.17, 15) is 4.79 Å². The molecule has 0 radical (unpaired) electrons. The zero-order chi connectivity index (χ0) is 19.5. The molecule has 1 amide bonds. The number of carbonyl (C=O) groups excluding carboxylic acids is 1. The molecule has 28 heavy (non-hydrogen) atoms. The fourth-order valence-electron chi connectivity index (χ4n) is 3.92. The standard InChI is InChI=1S/C22H28N4O2/c1-15-5-7-19(8-6-15)28-16(2)22(27)26-11-9-20-18(14-26)13-24-21(25-20)17-4-3-10-23-12-17/h5-8,13,16-17,23H,3-4,9-12,14H2,1-2H3/t16-,17+/m1/s1. The summed E-state index contributed by atoms with van der Waals surface area (Å²) in [6.45, 7) is 7.11. The molecule has 1 fully saturated rings. The fraction of sp³-hybridized carbons (Fsp3) is 0.500. The van der Waals surface area contributed by atoms with Crippen LogP contribution in [0.25, 0.3) is 0 Å². The summed E-state index contributed by atoms with van der Waals surface area (Å²) < 4.78 is 5.84. The number of rotatable bonds is 4. The summed E-state index contributed by atoms with van der Waals surface area (Å²) in [5, 5.41) is 3.42. The third kappa shape index (κ3) is 4.17. The van der Waals surface area contributed by atoms with E-state index in [1.807, 2.05) is 49.2 Å². The van der Waals surface area contributed by atoms with E-state index in [2.05, 4.69) is 10.3 Å². The van der Waals surface area contributed by atoms with E-state index in [0.29, 0.717) is 19.0 Å². The molecule has 1 aromatic heterocycles. The van der Waals surface area contributed by atoms with Gasteiger partial charge in [-0.3, -0.25) is 4.79 Å². The molecule has 2 aliphatic rings. The first-order valence-corrected chi connectivity index (χ1v) is 10.2. The van der Waals surface area contributed by atoms with Crippen LogP contribution in [0, 0.1) is 6.92 Å². The third-order valence-corrected chi connectivity index (χ3v) is 5.61. The van der Waals surface area contributed by atoms with E-state index in [4.69, 9.17) is 9.72 Å². The minimum Gasteiger partial charge on any atom is -0.481 e. The van der Waals surface area contributed by atoms with E-state index in [1.54, 1.807) is 0 Å². The van der Waals surface area contributed by atoms with E-state index < -0.39 is 6.10 Å². The maximum absolute atomic E-state index is 12.8. The average molecular weight is 380 g/mol. The molecule has 2 atom stereocenters. The molecule has 1 N–H and O–H groups in total. The van der Waals surface area contributed by atoms with Crippen LogP contribution in [0.1, 0.15) is 48.3 Å². The number of ether oxygens (including phenoxy) is 1. The molecule has 0 aliphatic carbocycles. The molecule has 0 unspecified atom stereocenters. The SMILES string of the molecule is Cc1ccc(O[C@H](C)C(=O)N2CCc3nc([C@H]4CCCNC4)ncc3C2)cc1. The van der Waals surface area contributed by atoms with Crippen molar-refractivity contribution in [2.45, 2.75) is 51.7 Å². The van der Waals surface area contributed by atoms with Gasteiger partial charge in [-0.25, -0.2) is 9.97 Å². The van der Waals surface area contributed by atoms with Gasteiger partial charge >= 0.3 is 0 Å². The highest BCUT2D eigenvalue weighted by atomic mass is 16.5. The number of aromatic nitrogens is 2. The highest BCUT2D eigenvalue weighted by Gasteiger charge is 2.28. The lowest BCUT2D eigenvalue weighted by atomic mass is 9.98. The smallest absolute Gasteiger partial charge is 0.263 e. The fourth-order valence-corrected chi connectivity index (χ4v) is 3.92. The maximum Gasteiger partial charge on any atom is 0.263 e. The number of fused-ring (bicyclic) bond motifs is 1. The topological polar surface area (TPSA) is 67.3 Å². The number of hydrogen-bond acceptors (Lipinski definition) is 5. The van der Waals surface area contributed by atoms with Crippen LogP contribution in [0.2, 0.25) is 0 Å². The Hall–Kier alpha value is -2.47. The van der Waals surface area contributed by atoms with Gasteiger partial charge in [-0.05, 0) is 45.4 Å². The molecule has 3 heterocycles. The number of nitrogens with zero attached hydrogens (tertiary/aromatic N) is 3. The normalized spacial score (nSPS) is 20.4. The summed E-state index contributed by atoms with van der Waals surface area (Å²) in [7, 11) is 0. The Morgan fingerprint density at radius 3 is 2.89 bits per heavy atom. The van der Waals surface area contributed by atoms with Crippen molar-refractivity contribution < 1.29 is 9.53 Å². The molecule has 148 valence electrons. The zero-order valence-electron chi connectivity index (χ0n) is 16.6. The van der Waals surface area contributed by atoms with E-state index in [0.717, 1.165) is 48.8 Å². The highest BCUT2D eigenvalue weighted by Crippen LogP contribution is 2.24. The van der Waals surface area contributed by atoms with Crippen molar-refractivity contribution in [1.82, 2.24) is 20.2 Å². The molecule has 6 heteroatoms. The Labute approximate surface area is 166 Å². The molecule has 1 aromatic carbocycles. The molecule has 0 saturated carbocycles. The number of hydrogen-bond donors (Lipinski definition) is 1. The second-order valence-corrected chi connectivity index (χ2v) is 7.83. The van der Waals surface area contributed by atoms with Crippen molar-refractivity contribution in [3.05, 3.63) is 53.1 Å². The Balaban J connectivity index is 1.40. The second kappa shape index (κ2) is 8.27. The summed E-state index contributed by atoms with van der Waals surface area (Å²) in [4.78, 5) is 24.1. The predicted molar refractivity (Wildman–Crippen MR) is 107 cm³/mol. The maximum atomic E-state index is 12.8. The van der Waals surface area contributed by atoms with Gasteiger partial charge in [-0.1, -0.05) is 17.7 Å². The van der Waals surface area contributed by atoms with Crippen LogP contribution >= 0.6 is 0 Å². The minimum absolute atomic E-state index is 0.00628. The third-order valence-electron chi connectivity index (χ3n) is 5.61. The van der Waals surface area contributed by atoms with Gasteiger partial charge in [0.25, 0.3) is 5.91 Å². The van der Waals surface area contributed by atoms with Gasteiger partial charge < -0.3 is 15.0 Å². The summed E-state index contributed by atoms with van der Waals surface area (Å²) in [6.07, 6.45) is 4.49. The molecule has 0 bridgehead atoms. The lowest BCUT2D eigenvalue weighted by molar-refractivity contribution is -0.138. The van der Waals surface area contributed by atoms with Crippen molar-refractivity contribution in [3.63, 3.8) is 0 Å². The van der Waals surface area contributed by atoms with E-state index in [1.165, 1.54) is 12.0 Å². The first-order valence-electron chi connectivity index (χ1n) is 10.2. The Morgan fingerprint density at radius 2 is 2.14 bits per heavy atom. The van der Waals surface area contributed by atoms with Crippen molar-refractivity contribution in [2.24, 2.45) is 0 Å². The first-order chi connectivity index (χ1) is 13.6. The van der Waals surface area contributed by atoms with Crippen LogP contribution in [0.5, 0.6) is 5.75 Å². The number of nitrogens with one attached hydrogen (secondary N) is 1. The lowest BCUT2D eigenvalue weighted by Gasteiger charge is -2.31. The van der Waals surface area contributed by atoms with Crippen LogP contribution < -0.4 is 10.1 Å². The first kappa shape index (κ1) is 18.9. The van der Waals surface area contributed by atoms with Crippen LogP contribution in [-0.4, -0.2) is 46.5 Å². The summed E-state index contributed by atoms with van der Waals surface area (Å²) in [5.74, 6) is 2.08. The molecule has 1 saturated heterocycles. The van der Waals surface area contributed by atoms with Gasteiger partial charge in [0.1, 0.15) is 11.6 Å². The highest BCUT2D eigenvalue weighted by molar-refractivity contribution is 5.81. The van der Waals surface area contributed by atoms with Crippen molar-refractivity contribution in [2.75, 3.05) is 19.6 Å². The average Bonchev–Trinajstić information content (AvgIpc) is 2.74. The monoisotopic (exact) mass is 380 g/mol. The molecule has 6 nitrogen and oxygen atoms in total. The molecular weight excluding hydrogens is 352 g/mol. The van der Waals surface area contributed by atoms with Crippen LogP contribution in [0.4, 0.5) is 0 Å². The largest absolute Gasteiger partial charge is 0.481 e. The van der Waals surface area contributed by atoms with E-state index in [-0.39, 0.29) is 5.91 Å². The number of amides is 1. The number of benzene rings is 1. The molecule has 2 aliphatic heterocycles. The predicted octanol–water partition coefficient (Wildman–Crippen LogP) is 2.60. The number of piperidine rings is 1. The minimum atomic E-state index is -0.516. The zero-order valence-corrected chi connectivity index (χ0v) is 16.6. The second-order valence-electron chi connectivity index (χ2n) is 7.83. The van der Waals surface area contributed by atoms with Crippen molar-refractivity contribution in [3.8, 4) is 5.75 Å². The lowest BCUT2D eigenvalue weighted by Crippen LogP contribution is -2.43.